The van der Waals surface area contributed by atoms with Crippen molar-refractivity contribution in [2.45, 2.75) is 33.2 Å². The number of nitrogens with zero attached hydrogens (tertiary/aromatic N) is 2. The fourth-order valence-corrected chi connectivity index (χ4v) is 2.42. The molecule has 1 unspecified atom stereocenters. The zero-order valence-electron chi connectivity index (χ0n) is 13.9. The molecule has 1 aromatic carbocycles. The minimum absolute atomic E-state index is 0.0923. The van der Waals surface area contributed by atoms with Crippen molar-refractivity contribution in [1.29, 1.82) is 0 Å². The standard InChI is InChI=1S/C17H20ClN3O3/c1-4-11(2)21(17(23)13-7-5-6-8-14(13)18)10-16(22)19-15-9-12(3)24-20-15/h5-9,11H,4,10H2,1-3H3,(H,19,20,22). The molecule has 0 aliphatic rings. The van der Waals surface area contributed by atoms with Crippen molar-refractivity contribution in [2.24, 2.45) is 0 Å². The average molecular weight is 350 g/mol. The molecule has 2 aromatic rings. The molecule has 128 valence electrons. The predicted molar refractivity (Wildman–Crippen MR) is 92.1 cm³/mol. The molecular formula is C17H20ClN3O3. The second-order valence-corrected chi connectivity index (χ2v) is 5.95. The number of carbonyl (C=O) groups excluding carboxylic acids is 2. The van der Waals surface area contributed by atoms with E-state index < -0.39 is 0 Å². The Kier molecular flexibility index (Phi) is 5.98. The number of amides is 2. The minimum atomic E-state index is -0.344. The molecule has 0 saturated carbocycles. The molecule has 7 heteroatoms. The van der Waals surface area contributed by atoms with E-state index in [4.69, 9.17) is 16.1 Å². The third kappa shape index (κ3) is 4.35. The number of hydrogen-bond acceptors (Lipinski definition) is 4. The first-order valence-corrected chi connectivity index (χ1v) is 8.08. The van der Waals surface area contributed by atoms with Gasteiger partial charge in [-0.3, -0.25) is 9.59 Å². The van der Waals surface area contributed by atoms with E-state index >= 15 is 0 Å². The summed E-state index contributed by atoms with van der Waals surface area (Å²) in [4.78, 5) is 26.5. The van der Waals surface area contributed by atoms with E-state index in [2.05, 4.69) is 10.5 Å². The summed E-state index contributed by atoms with van der Waals surface area (Å²) in [5.74, 6) is 0.299. The van der Waals surface area contributed by atoms with E-state index in [1.165, 1.54) is 4.90 Å². The fourth-order valence-electron chi connectivity index (χ4n) is 2.20. The van der Waals surface area contributed by atoms with Crippen LogP contribution in [-0.2, 0) is 4.79 Å². The number of benzene rings is 1. The Labute approximate surface area is 145 Å². The van der Waals surface area contributed by atoms with Gasteiger partial charge in [-0.1, -0.05) is 35.8 Å². The molecule has 2 amide bonds. The average Bonchev–Trinajstić information content (AvgIpc) is 2.96. The Balaban J connectivity index is 2.15. The van der Waals surface area contributed by atoms with E-state index in [1.54, 1.807) is 37.3 Å². The van der Waals surface area contributed by atoms with E-state index in [0.29, 0.717) is 28.6 Å². The van der Waals surface area contributed by atoms with Crippen molar-refractivity contribution in [3.05, 3.63) is 46.7 Å². The quantitative estimate of drug-likeness (QED) is 0.865. The maximum Gasteiger partial charge on any atom is 0.256 e. The van der Waals surface area contributed by atoms with Gasteiger partial charge in [0.25, 0.3) is 5.91 Å². The highest BCUT2D eigenvalue weighted by Gasteiger charge is 2.24. The van der Waals surface area contributed by atoms with Crippen molar-refractivity contribution in [1.82, 2.24) is 10.1 Å². The second-order valence-electron chi connectivity index (χ2n) is 5.54. The zero-order valence-corrected chi connectivity index (χ0v) is 14.6. The van der Waals surface area contributed by atoms with Gasteiger partial charge in [-0.05, 0) is 32.4 Å². The van der Waals surface area contributed by atoms with Crippen LogP contribution in [0.4, 0.5) is 5.82 Å². The summed E-state index contributed by atoms with van der Waals surface area (Å²) >= 11 is 6.11. The van der Waals surface area contributed by atoms with Gasteiger partial charge in [0, 0.05) is 12.1 Å². The lowest BCUT2D eigenvalue weighted by molar-refractivity contribution is -0.117. The zero-order chi connectivity index (χ0) is 17.7. The Morgan fingerprint density at radius 2 is 2.08 bits per heavy atom. The first-order chi connectivity index (χ1) is 11.4. The molecule has 0 aliphatic heterocycles. The monoisotopic (exact) mass is 349 g/mol. The van der Waals surface area contributed by atoms with Gasteiger partial charge >= 0.3 is 0 Å². The van der Waals surface area contributed by atoms with Crippen LogP contribution in [0.25, 0.3) is 0 Å². The molecule has 0 aliphatic carbocycles. The Morgan fingerprint density at radius 1 is 1.38 bits per heavy atom. The third-order valence-electron chi connectivity index (χ3n) is 3.70. The van der Waals surface area contributed by atoms with Crippen LogP contribution >= 0.6 is 11.6 Å². The van der Waals surface area contributed by atoms with Gasteiger partial charge in [-0.25, -0.2) is 0 Å². The summed E-state index contributed by atoms with van der Waals surface area (Å²) in [6.07, 6.45) is 0.715. The summed E-state index contributed by atoms with van der Waals surface area (Å²) < 4.78 is 4.91. The number of aryl methyl sites for hydroxylation is 1. The van der Waals surface area contributed by atoms with E-state index in [0.717, 1.165) is 0 Å². The number of halogens is 1. The first kappa shape index (κ1) is 18.0. The molecule has 1 heterocycles. The number of anilines is 1. The van der Waals surface area contributed by atoms with Crippen molar-refractivity contribution < 1.29 is 14.1 Å². The summed E-state index contributed by atoms with van der Waals surface area (Å²) in [5.41, 5.74) is 0.379. The van der Waals surface area contributed by atoms with E-state index in [-0.39, 0.29) is 24.4 Å². The number of rotatable bonds is 6. The molecule has 1 atom stereocenters. The second kappa shape index (κ2) is 7.97. The van der Waals surface area contributed by atoms with Crippen molar-refractivity contribution in [3.63, 3.8) is 0 Å². The van der Waals surface area contributed by atoms with Crippen molar-refractivity contribution in [3.8, 4) is 0 Å². The van der Waals surface area contributed by atoms with Gasteiger partial charge in [0.1, 0.15) is 12.3 Å². The molecule has 0 radical (unpaired) electrons. The van der Waals surface area contributed by atoms with E-state index in [9.17, 15) is 9.59 Å². The van der Waals surface area contributed by atoms with Gasteiger partial charge in [0.15, 0.2) is 5.82 Å². The van der Waals surface area contributed by atoms with Crippen LogP contribution in [0.1, 0.15) is 36.4 Å². The van der Waals surface area contributed by atoms with Crippen LogP contribution in [0.5, 0.6) is 0 Å². The first-order valence-electron chi connectivity index (χ1n) is 7.71. The largest absolute Gasteiger partial charge is 0.360 e. The molecule has 1 aromatic heterocycles. The summed E-state index contributed by atoms with van der Waals surface area (Å²) in [6, 6.07) is 8.30. The summed E-state index contributed by atoms with van der Waals surface area (Å²) in [5, 5.41) is 6.70. The van der Waals surface area contributed by atoms with Gasteiger partial charge in [-0.15, -0.1) is 0 Å². The lowest BCUT2D eigenvalue weighted by Gasteiger charge is -2.28. The number of carbonyl (C=O) groups is 2. The number of nitrogens with one attached hydrogen (secondary N) is 1. The Bertz CT molecular complexity index is 729. The van der Waals surface area contributed by atoms with Crippen molar-refractivity contribution in [2.75, 3.05) is 11.9 Å². The Hall–Kier alpha value is -2.34. The van der Waals surface area contributed by atoms with Gasteiger partial charge in [0.05, 0.1) is 10.6 Å². The smallest absolute Gasteiger partial charge is 0.256 e. The lowest BCUT2D eigenvalue weighted by Crippen LogP contribution is -2.43. The highest BCUT2D eigenvalue weighted by atomic mass is 35.5. The summed E-state index contributed by atoms with van der Waals surface area (Å²) in [6.45, 7) is 5.48. The van der Waals surface area contributed by atoms with Crippen LogP contribution in [0.15, 0.2) is 34.9 Å². The molecule has 24 heavy (non-hydrogen) atoms. The van der Waals surface area contributed by atoms with Crippen LogP contribution in [-0.4, -0.2) is 34.5 Å². The van der Waals surface area contributed by atoms with Gasteiger partial charge < -0.3 is 14.7 Å². The summed E-state index contributed by atoms with van der Waals surface area (Å²) in [7, 11) is 0. The molecule has 1 N–H and O–H groups in total. The maximum atomic E-state index is 12.8. The molecule has 0 bridgehead atoms. The number of aromatic nitrogens is 1. The molecule has 6 nitrogen and oxygen atoms in total. The lowest BCUT2D eigenvalue weighted by atomic mass is 10.1. The number of hydrogen-bond donors (Lipinski definition) is 1. The predicted octanol–water partition coefficient (Wildman–Crippen LogP) is 3.52. The van der Waals surface area contributed by atoms with Crippen molar-refractivity contribution >= 4 is 29.2 Å². The SMILES string of the molecule is CCC(C)N(CC(=O)Nc1cc(C)on1)C(=O)c1ccccc1Cl. The molecule has 2 rings (SSSR count). The highest BCUT2D eigenvalue weighted by molar-refractivity contribution is 6.33. The van der Waals surface area contributed by atoms with Gasteiger partial charge in [-0.2, -0.15) is 0 Å². The van der Waals surface area contributed by atoms with Crippen LogP contribution < -0.4 is 5.32 Å². The van der Waals surface area contributed by atoms with Gasteiger partial charge in [0.2, 0.25) is 5.91 Å². The minimum Gasteiger partial charge on any atom is -0.360 e. The van der Waals surface area contributed by atoms with Crippen LogP contribution in [0.2, 0.25) is 5.02 Å². The topological polar surface area (TPSA) is 75.4 Å². The van der Waals surface area contributed by atoms with Crippen LogP contribution in [0.3, 0.4) is 0 Å². The maximum absolute atomic E-state index is 12.8. The molecule has 0 saturated heterocycles. The normalized spacial score (nSPS) is 11.8. The van der Waals surface area contributed by atoms with Crippen LogP contribution in [0, 0.1) is 6.92 Å². The molecular weight excluding hydrogens is 330 g/mol. The highest BCUT2D eigenvalue weighted by Crippen LogP contribution is 2.19. The third-order valence-corrected chi connectivity index (χ3v) is 4.03. The fraction of sp³-hybridized carbons (Fsp3) is 0.353. The van der Waals surface area contributed by atoms with E-state index in [1.807, 2.05) is 13.8 Å². The Morgan fingerprint density at radius 3 is 2.67 bits per heavy atom. The molecule has 0 spiro atoms. The molecule has 0 fully saturated rings.